The van der Waals surface area contributed by atoms with Crippen LogP contribution in [0.3, 0.4) is 0 Å². The number of ether oxygens (including phenoxy) is 1. The summed E-state index contributed by atoms with van der Waals surface area (Å²) < 4.78 is 32.7. The minimum absolute atomic E-state index is 0.163. The Hall–Kier alpha value is -2.18. The number of fused-ring (bicyclic) bond motifs is 1. The largest absolute Gasteiger partial charge is 0.465 e. The maximum absolute atomic E-state index is 13.1. The fourth-order valence-corrected chi connectivity index (χ4v) is 4.59. The van der Waals surface area contributed by atoms with Gasteiger partial charge in [0.1, 0.15) is 6.04 Å². The number of sulfonamides is 1. The first-order valence-corrected chi connectivity index (χ1v) is 9.69. The van der Waals surface area contributed by atoms with Crippen LogP contribution in [0.15, 0.2) is 53.4 Å². The van der Waals surface area contributed by atoms with E-state index in [2.05, 4.69) is 0 Å². The number of aryl methyl sites for hydroxylation is 1. The first kappa shape index (κ1) is 17.6. The predicted octanol–water partition coefficient (Wildman–Crippen LogP) is 2.67. The van der Waals surface area contributed by atoms with Crippen molar-refractivity contribution in [2.24, 2.45) is 0 Å². The normalized spacial score (nSPS) is 17.8. The Morgan fingerprint density at radius 3 is 2.40 bits per heavy atom. The molecule has 0 fully saturated rings. The maximum Gasteiger partial charge on any atom is 0.324 e. The Morgan fingerprint density at radius 1 is 1.12 bits per heavy atom. The summed E-state index contributed by atoms with van der Waals surface area (Å²) in [7, 11) is -3.80. The van der Waals surface area contributed by atoms with E-state index < -0.39 is 22.0 Å². The van der Waals surface area contributed by atoms with Gasteiger partial charge in [0.2, 0.25) is 10.0 Å². The van der Waals surface area contributed by atoms with Crippen molar-refractivity contribution in [1.29, 1.82) is 0 Å². The lowest BCUT2D eigenvalue weighted by atomic mass is 9.96. The van der Waals surface area contributed by atoms with Crippen LogP contribution >= 0.6 is 0 Å². The molecule has 1 heterocycles. The van der Waals surface area contributed by atoms with E-state index in [9.17, 15) is 13.2 Å². The molecule has 132 valence electrons. The smallest absolute Gasteiger partial charge is 0.324 e. The summed E-state index contributed by atoms with van der Waals surface area (Å²) in [6.45, 7) is 3.99. The van der Waals surface area contributed by atoms with Crippen molar-refractivity contribution in [3.63, 3.8) is 0 Å². The molecule has 5 nitrogen and oxygen atoms in total. The molecule has 0 spiro atoms. The van der Waals surface area contributed by atoms with Gasteiger partial charge in [-0.2, -0.15) is 4.31 Å². The average molecular weight is 359 g/mol. The zero-order valence-corrected chi connectivity index (χ0v) is 15.1. The molecule has 0 aromatic heterocycles. The van der Waals surface area contributed by atoms with Crippen LogP contribution < -0.4 is 0 Å². The highest BCUT2D eigenvalue weighted by atomic mass is 32.2. The molecule has 0 saturated carbocycles. The molecular formula is C19H21NO4S. The quantitative estimate of drug-likeness (QED) is 0.788. The number of hydrogen-bond acceptors (Lipinski definition) is 4. The maximum atomic E-state index is 13.1. The van der Waals surface area contributed by atoms with E-state index in [1.54, 1.807) is 31.2 Å². The second-order valence-electron chi connectivity index (χ2n) is 6.10. The zero-order valence-electron chi connectivity index (χ0n) is 14.3. The molecule has 1 aliphatic rings. The fourth-order valence-electron chi connectivity index (χ4n) is 3.04. The van der Waals surface area contributed by atoms with Gasteiger partial charge in [0.05, 0.1) is 11.5 Å². The lowest BCUT2D eigenvalue weighted by molar-refractivity contribution is -0.148. The van der Waals surface area contributed by atoms with Crippen molar-refractivity contribution in [2.45, 2.75) is 37.8 Å². The highest BCUT2D eigenvalue weighted by Crippen LogP contribution is 2.29. The number of rotatable bonds is 4. The van der Waals surface area contributed by atoms with Gasteiger partial charge in [-0.15, -0.1) is 0 Å². The fraction of sp³-hybridized carbons (Fsp3) is 0.316. The second-order valence-corrected chi connectivity index (χ2v) is 7.99. The molecule has 0 amide bonds. The number of hydrogen-bond donors (Lipinski definition) is 0. The summed E-state index contributed by atoms with van der Waals surface area (Å²) in [6.07, 6.45) is 0.320. The monoisotopic (exact) mass is 359 g/mol. The Labute approximate surface area is 148 Å². The van der Waals surface area contributed by atoms with Crippen molar-refractivity contribution < 1.29 is 17.9 Å². The lowest BCUT2D eigenvalue weighted by Crippen LogP contribution is -2.49. The standard InChI is InChI=1S/C19H21NO4S/c1-3-24-19(21)18-12-15-6-4-5-7-16(15)13-20(18)25(22,23)17-10-8-14(2)9-11-17/h4-11,18H,3,12-13H2,1-2H3. The summed E-state index contributed by atoms with van der Waals surface area (Å²) >= 11 is 0. The molecule has 0 N–H and O–H groups in total. The average Bonchev–Trinajstić information content (AvgIpc) is 2.61. The van der Waals surface area contributed by atoms with Crippen LogP contribution in [0.5, 0.6) is 0 Å². The van der Waals surface area contributed by atoms with Crippen molar-refractivity contribution >= 4 is 16.0 Å². The first-order chi connectivity index (χ1) is 11.9. The van der Waals surface area contributed by atoms with Gasteiger partial charge in [-0.05, 0) is 37.1 Å². The van der Waals surface area contributed by atoms with Gasteiger partial charge >= 0.3 is 5.97 Å². The Balaban J connectivity index is 2.03. The van der Waals surface area contributed by atoms with E-state index in [0.29, 0.717) is 6.42 Å². The van der Waals surface area contributed by atoms with E-state index in [-0.39, 0.29) is 18.0 Å². The van der Waals surface area contributed by atoms with Crippen LogP contribution in [0, 0.1) is 6.92 Å². The van der Waals surface area contributed by atoms with Crippen LogP contribution in [0.1, 0.15) is 23.6 Å². The van der Waals surface area contributed by atoms with Gasteiger partial charge in [-0.3, -0.25) is 4.79 Å². The van der Waals surface area contributed by atoms with Crippen molar-refractivity contribution in [1.82, 2.24) is 4.31 Å². The zero-order chi connectivity index (χ0) is 18.0. The van der Waals surface area contributed by atoms with Crippen LogP contribution in [-0.2, 0) is 32.5 Å². The molecule has 0 bridgehead atoms. The summed E-state index contributed by atoms with van der Waals surface area (Å²) in [5, 5.41) is 0. The van der Waals surface area contributed by atoms with Gasteiger partial charge in [-0.25, -0.2) is 8.42 Å². The number of nitrogens with zero attached hydrogens (tertiary/aromatic N) is 1. The second kappa shape index (κ2) is 6.98. The molecule has 0 aliphatic carbocycles. The van der Waals surface area contributed by atoms with E-state index in [1.807, 2.05) is 31.2 Å². The molecule has 3 rings (SSSR count). The molecular weight excluding hydrogens is 338 g/mol. The van der Waals surface area contributed by atoms with Crippen molar-refractivity contribution in [3.05, 3.63) is 65.2 Å². The van der Waals surface area contributed by atoms with E-state index in [1.165, 1.54) is 4.31 Å². The third-order valence-corrected chi connectivity index (χ3v) is 6.26. The number of benzene rings is 2. The molecule has 6 heteroatoms. The van der Waals surface area contributed by atoms with Crippen LogP contribution in [0.4, 0.5) is 0 Å². The van der Waals surface area contributed by atoms with Crippen LogP contribution in [0.25, 0.3) is 0 Å². The van der Waals surface area contributed by atoms with Gasteiger partial charge in [0.15, 0.2) is 0 Å². The van der Waals surface area contributed by atoms with Crippen LogP contribution in [0.2, 0.25) is 0 Å². The van der Waals surface area contributed by atoms with E-state index in [0.717, 1.165) is 16.7 Å². The third-order valence-electron chi connectivity index (χ3n) is 4.39. The number of carbonyl (C=O) groups is 1. The Kier molecular flexibility index (Phi) is 4.92. The van der Waals surface area contributed by atoms with Gasteiger partial charge in [0.25, 0.3) is 0 Å². The number of carbonyl (C=O) groups excluding carboxylic acids is 1. The molecule has 1 aliphatic heterocycles. The molecule has 1 unspecified atom stereocenters. The highest BCUT2D eigenvalue weighted by molar-refractivity contribution is 7.89. The summed E-state index contributed by atoms with van der Waals surface area (Å²) in [4.78, 5) is 12.6. The van der Waals surface area contributed by atoms with Gasteiger partial charge in [-0.1, -0.05) is 42.0 Å². The third kappa shape index (κ3) is 3.45. The van der Waals surface area contributed by atoms with Crippen LogP contribution in [-0.4, -0.2) is 31.3 Å². The number of esters is 1. The van der Waals surface area contributed by atoms with Gasteiger partial charge < -0.3 is 4.74 Å². The van der Waals surface area contributed by atoms with Crippen molar-refractivity contribution in [2.75, 3.05) is 6.61 Å². The minimum Gasteiger partial charge on any atom is -0.465 e. The molecule has 2 aromatic rings. The van der Waals surface area contributed by atoms with Gasteiger partial charge in [0, 0.05) is 13.0 Å². The molecule has 0 radical (unpaired) electrons. The summed E-state index contributed by atoms with van der Waals surface area (Å²) in [6, 6.07) is 13.4. The molecule has 2 aromatic carbocycles. The molecule has 0 saturated heterocycles. The first-order valence-electron chi connectivity index (χ1n) is 8.25. The molecule has 25 heavy (non-hydrogen) atoms. The van der Waals surface area contributed by atoms with E-state index in [4.69, 9.17) is 4.74 Å². The summed E-state index contributed by atoms with van der Waals surface area (Å²) in [5.41, 5.74) is 2.87. The minimum atomic E-state index is -3.80. The van der Waals surface area contributed by atoms with E-state index >= 15 is 0 Å². The SMILES string of the molecule is CCOC(=O)C1Cc2ccccc2CN1S(=O)(=O)c1ccc(C)cc1. The molecule has 1 atom stereocenters. The van der Waals surface area contributed by atoms with Crippen molar-refractivity contribution in [3.8, 4) is 0 Å². The summed E-state index contributed by atoms with van der Waals surface area (Å²) in [5.74, 6) is -0.507. The Morgan fingerprint density at radius 2 is 1.76 bits per heavy atom. The topological polar surface area (TPSA) is 63.7 Å². The lowest BCUT2D eigenvalue weighted by Gasteiger charge is -2.34. The predicted molar refractivity (Wildman–Crippen MR) is 94.5 cm³/mol. The Bertz CT molecular complexity index is 875. The highest BCUT2D eigenvalue weighted by Gasteiger charge is 2.40.